The van der Waals surface area contributed by atoms with Gasteiger partial charge >= 0.3 is 5.97 Å². The molecule has 292 valence electrons. The molecule has 2 amide bonds. The molecule has 1 spiro atoms. The number of hydrogen-bond donors (Lipinski definition) is 1. The zero-order valence-corrected chi connectivity index (χ0v) is 32.9. The van der Waals surface area contributed by atoms with Crippen molar-refractivity contribution in [3.05, 3.63) is 76.0 Å². The number of rotatable bonds is 9. The van der Waals surface area contributed by atoms with Gasteiger partial charge in [-0.1, -0.05) is 23.2 Å². The molecule has 1 aliphatic heterocycles. The Morgan fingerprint density at radius 3 is 1.95 bits per heavy atom. The Morgan fingerprint density at radius 2 is 1.38 bits per heavy atom. The van der Waals surface area contributed by atoms with Crippen molar-refractivity contribution >= 4 is 46.6 Å². The first kappa shape index (κ1) is 39.9. The zero-order valence-electron chi connectivity index (χ0n) is 31.4. The van der Waals surface area contributed by atoms with Gasteiger partial charge in [0.25, 0.3) is 11.8 Å². The second kappa shape index (κ2) is 16.5. The van der Waals surface area contributed by atoms with Gasteiger partial charge in [-0.2, -0.15) is 10.2 Å². The van der Waals surface area contributed by atoms with Crippen LogP contribution in [0.25, 0.3) is 28.3 Å². The van der Waals surface area contributed by atoms with Crippen molar-refractivity contribution in [2.45, 2.75) is 75.9 Å². The first-order valence-electron chi connectivity index (χ1n) is 18.1. The maximum Gasteiger partial charge on any atom is 0.341 e. The van der Waals surface area contributed by atoms with E-state index in [1.54, 1.807) is 57.0 Å². The molecule has 0 atom stereocenters. The Kier molecular flexibility index (Phi) is 12.0. The van der Waals surface area contributed by atoms with Crippen LogP contribution >= 0.6 is 23.2 Å². The van der Waals surface area contributed by atoms with Gasteiger partial charge in [-0.25, -0.2) is 29.6 Å². The van der Waals surface area contributed by atoms with Gasteiger partial charge in [-0.3, -0.25) is 23.9 Å². The van der Waals surface area contributed by atoms with E-state index in [0.717, 1.165) is 41.9 Å². The van der Waals surface area contributed by atoms with Crippen LogP contribution in [0.4, 0.5) is 0 Å². The predicted molar refractivity (Wildman–Crippen MR) is 203 cm³/mol. The number of likely N-dealkylation sites (N-methyl/N-ethyl adjacent to an activating group) is 2. The third-order valence-electron chi connectivity index (χ3n) is 9.97. The van der Waals surface area contributed by atoms with Crippen LogP contribution in [0, 0.1) is 0 Å². The third-order valence-corrected chi connectivity index (χ3v) is 10.5. The van der Waals surface area contributed by atoms with E-state index in [2.05, 4.69) is 20.2 Å². The molecule has 2 aromatic heterocycles. The molecule has 4 aromatic rings. The number of carbonyl (C=O) groups is 3. The molecule has 0 saturated heterocycles. The van der Waals surface area contributed by atoms with Crippen LogP contribution in [0.2, 0.25) is 10.0 Å². The second-order valence-corrected chi connectivity index (χ2v) is 14.6. The van der Waals surface area contributed by atoms with Crippen LogP contribution < -0.4 is 0 Å². The Balaban J connectivity index is 0.000000188. The number of carbonyl (C=O) groups excluding carboxylic acids is 3. The number of aliphatic hydroxyl groups excluding tert-OH is 1. The fourth-order valence-corrected chi connectivity index (χ4v) is 7.28. The summed E-state index contributed by atoms with van der Waals surface area (Å²) in [5, 5.41) is 23.2. The average Bonchev–Trinajstić information content (AvgIpc) is 3.98. The number of esters is 1. The summed E-state index contributed by atoms with van der Waals surface area (Å²) in [5.74, 6) is 0.566. The minimum absolute atomic E-state index is 0.00745. The summed E-state index contributed by atoms with van der Waals surface area (Å²) >= 11 is 11.8. The lowest BCUT2D eigenvalue weighted by Gasteiger charge is -2.37. The fraction of sp³-hybridized carbons (Fsp3) is 0.447. The minimum Gasteiger partial charge on any atom is -0.508 e. The summed E-state index contributed by atoms with van der Waals surface area (Å²) in [6, 6.07) is 14.3. The Labute approximate surface area is 328 Å². The molecule has 2 saturated carbocycles. The van der Waals surface area contributed by atoms with E-state index < -0.39 is 23.1 Å². The van der Waals surface area contributed by atoms with Gasteiger partial charge in [0.15, 0.2) is 28.7 Å². The van der Waals surface area contributed by atoms with Crippen molar-refractivity contribution < 1.29 is 33.9 Å². The quantitative estimate of drug-likeness (QED) is 0.154. The van der Waals surface area contributed by atoms with Crippen LogP contribution in [0.1, 0.15) is 69.9 Å². The van der Waals surface area contributed by atoms with E-state index in [-0.39, 0.29) is 30.3 Å². The summed E-state index contributed by atoms with van der Waals surface area (Å²) < 4.78 is 8.24. The number of ether oxygens (including phenoxy) is 1. The minimum atomic E-state index is -1.09. The third kappa shape index (κ3) is 8.39. The van der Waals surface area contributed by atoms with E-state index >= 15 is 0 Å². The molecule has 3 heterocycles. The van der Waals surface area contributed by atoms with E-state index in [1.807, 2.05) is 24.3 Å². The summed E-state index contributed by atoms with van der Waals surface area (Å²) in [7, 11) is 6.50. The topological polar surface area (TPSA) is 167 Å². The smallest absolute Gasteiger partial charge is 0.341 e. The highest BCUT2D eigenvalue weighted by Crippen LogP contribution is 2.44. The molecule has 0 radical (unpaired) electrons. The van der Waals surface area contributed by atoms with Gasteiger partial charge in [-0.05, 0) is 107 Å². The van der Waals surface area contributed by atoms with Crippen LogP contribution in [0.5, 0.6) is 0 Å². The highest BCUT2D eigenvalue weighted by molar-refractivity contribution is 6.31. The largest absolute Gasteiger partial charge is 0.508 e. The van der Waals surface area contributed by atoms with Crippen molar-refractivity contribution in [2.75, 3.05) is 20.7 Å². The van der Waals surface area contributed by atoms with Gasteiger partial charge in [-0.15, -0.1) is 0 Å². The SMILES string of the molecule is CCOC(=O)C1(ON(C)C(=O)Cc2nc(-c3ccc(Cl)cc3)nn2C)CCCC1.CN1OC2(CCCC2)C(O)=C(c2nc(-c3ccc(Cl)cc3)nn2C)C1=O. The monoisotopic (exact) mass is 794 g/mol. The standard InChI is InChI=1S/C20H25ClN4O4.C18H19ClN4O3/c1-4-28-19(27)20(11-5-6-12-20)29-25(3)17(26)13-16-22-18(23-24(16)2)14-7-9-15(21)10-8-14;1-22-16(20-15(21-22)11-5-7-12(19)8-6-11)13-14(24)18(9-3-4-10-18)26-23(2)17(13)25/h7-10H,4-6,11-13H2,1-3H3;5-8,24H,3-4,9-10H2,1-2H3. The van der Waals surface area contributed by atoms with Crippen LogP contribution in [0.3, 0.4) is 0 Å². The highest BCUT2D eigenvalue weighted by Gasteiger charge is 2.50. The number of aromatic nitrogens is 6. The molecule has 1 N–H and O–H groups in total. The lowest BCUT2D eigenvalue weighted by Crippen LogP contribution is -2.47. The summed E-state index contributed by atoms with van der Waals surface area (Å²) in [4.78, 5) is 58.4. The first-order chi connectivity index (χ1) is 26.3. The van der Waals surface area contributed by atoms with Crippen molar-refractivity contribution in [2.24, 2.45) is 14.1 Å². The maximum atomic E-state index is 12.7. The lowest BCUT2D eigenvalue weighted by molar-refractivity contribution is -0.237. The average molecular weight is 796 g/mol. The van der Waals surface area contributed by atoms with Crippen LogP contribution in [-0.4, -0.2) is 94.4 Å². The van der Waals surface area contributed by atoms with Gasteiger partial charge in [0, 0.05) is 49.4 Å². The second-order valence-electron chi connectivity index (χ2n) is 13.8. The van der Waals surface area contributed by atoms with E-state index in [0.29, 0.717) is 59.0 Å². The van der Waals surface area contributed by atoms with Crippen molar-refractivity contribution in [3.63, 3.8) is 0 Å². The van der Waals surface area contributed by atoms with Crippen LogP contribution in [0.15, 0.2) is 54.3 Å². The summed E-state index contributed by atoms with van der Waals surface area (Å²) in [6.07, 6.45) is 5.99. The number of benzene rings is 2. The highest BCUT2D eigenvalue weighted by atomic mass is 35.5. The van der Waals surface area contributed by atoms with Crippen LogP contribution in [-0.2, 0) is 49.3 Å². The maximum absolute atomic E-state index is 12.7. The number of aliphatic hydroxyl groups is 1. The van der Waals surface area contributed by atoms with Crippen molar-refractivity contribution in [3.8, 4) is 22.8 Å². The Hall–Kier alpha value is -4.83. The fourth-order valence-electron chi connectivity index (χ4n) is 7.03. The van der Waals surface area contributed by atoms with Gasteiger partial charge in [0.1, 0.15) is 17.2 Å². The number of amides is 2. The van der Waals surface area contributed by atoms with E-state index in [9.17, 15) is 19.5 Å². The van der Waals surface area contributed by atoms with Gasteiger partial charge in [0.05, 0.1) is 13.0 Å². The first-order valence-corrected chi connectivity index (χ1v) is 18.9. The van der Waals surface area contributed by atoms with Gasteiger partial charge in [0.2, 0.25) is 0 Å². The lowest BCUT2D eigenvalue weighted by atomic mass is 9.93. The molecule has 15 nitrogen and oxygen atoms in total. The number of halogens is 2. The van der Waals surface area contributed by atoms with Crippen molar-refractivity contribution in [1.29, 1.82) is 0 Å². The molecule has 55 heavy (non-hydrogen) atoms. The molecular weight excluding hydrogens is 751 g/mol. The summed E-state index contributed by atoms with van der Waals surface area (Å²) in [6.45, 7) is 2.02. The number of aryl methyl sites for hydroxylation is 2. The summed E-state index contributed by atoms with van der Waals surface area (Å²) in [5.41, 5.74) is -0.199. The molecule has 17 heteroatoms. The normalized spacial score (nSPS) is 17.4. The molecule has 7 rings (SSSR count). The molecule has 2 aromatic carbocycles. The zero-order chi connectivity index (χ0) is 39.5. The molecule has 0 unspecified atom stereocenters. The number of hydrogen-bond acceptors (Lipinski definition) is 11. The van der Waals surface area contributed by atoms with Gasteiger partial charge < -0.3 is 9.84 Å². The Bertz CT molecular complexity index is 2070. The molecule has 3 aliphatic rings. The van der Waals surface area contributed by atoms with E-state index in [1.165, 1.54) is 16.8 Å². The van der Waals surface area contributed by atoms with E-state index in [4.69, 9.17) is 37.6 Å². The molecular formula is C38H44Cl2N8O7. The number of nitrogens with zero attached hydrogens (tertiary/aromatic N) is 8. The molecule has 2 fully saturated rings. The Morgan fingerprint density at radius 1 is 0.855 bits per heavy atom. The molecule has 2 aliphatic carbocycles. The number of hydroxylamine groups is 4. The predicted octanol–water partition coefficient (Wildman–Crippen LogP) is 6.06. The van der Waals surface area contributed by atoms with Crippen molar-refractivity contribution in [1.82, 2.24) is 39.7 Å². The molecule has 0 bridgehead atoms.